The number of benzene rings is 2. The van der Waals surface area contributed by atoms with Crippen LogP contribution in [0.15, 0.2) is 67.4 Å². The molecular weight excluding hydrogens is 418 g/mol. The molecule has 9 heteroatoms. The summed E-state index contributed by atoms with van der Waals surface area (Å²) < 4.78 is 5.43. The Hall–Kier alpha value is -3.95. The number of rotatable bonds is 7. The number of H-pyrrole nitrogens is 1. The van der Waals surface area contributed by atoms with Crippen LogP contribution in [-0.2, 0) is 4.74 Å². The van der Waals surface area contributed by atoms with Crippen LogP contribution in [0, 0.1) is 0 Å². The van der Waals surface area contributed by atoms with Gasteiger partial charge in [0, 0.05) is 35.7 Å². The molecule has 4 aromatic rings. The highest BCUT2D eigenvalue weighted by Gasteiger charge is 2.14. The Labute approximate surface area is 191 Å². The molecular formula is C24H25N7O2. The molecule has 2 aromatic heterocycles. The molecule has 9 nitrogen and oxygen atoms in total. The summed E-state index contributed by atoms with van der Waals surface area (Å²) in [6.07, 6.45) is 2.31. The summed E-state index contributed by atoms with van der Waals surface area (Å²) in [4.78, 5) is 11.7. The van der Waals surface area contributed by atoms with Gasteiger partial charge in [0.15, 0.2) is 5.65 Å². The minimum absolute atomic E-state index is 0.463. The van der Waals surface area contributed by atoms with Crippen LogP contribution in [0.1, 0.15) is 0 Å². The largest absolute Gasteiger partial charge is 0.378 e. The summed E-state index contributed by atoms with van der Waals surface area (Å²) in [7, 11) is 0. The standard InChI is InChI=1S/C24H25N7O2/c1-2-21(32)26-18-5-3-4-16(14-18)22-20-15-25-30-23(20)29-24(28-22)27-17-6-8-19(9-7-17)31-10-12-33-13-11-31/h2-9,14-15,21,26,32H,1,10-13H2,(H2,25,27,28,29,30). The Morgan fingerprint density at radius 2 is 1.91 bits per heavy atom. The summed E-state index contributed by atoms with van der Waals surface area (Å²) in [5, 5.41) is 24.0. The molecule has 33 heavy (non-hydrogen) atoms. The first kappa shape index (κ1) is 20.9. The molecule has 1 atom stereocenters. The maximum atomic E-state index is 9.83. The Bertz CT molecular complexity index is 1250. The molecule has 1 unspecified atom stereocenters. The fourth-order valence-electron chi connectivity index (χ4n) is 3.80. The van der Waals surface area contributed by atoms with Crippen molar-refractivity contribution in [3.8, 4) is 11.3 Å². The molecule has 1 aliphatic heterocycles. The SMILES string of the molecule is C=CC(O)Nc1cccc(-c2nc(Nc3ccc(N4CCOCC4)cc3)nc3[nH]ncc23)c1. The van der Waals surface area contributed by atoms with Crippen molar-refractivity contribution >= 4 is 34.0 Å². The fraction of sp³-hybridized carbons (Fsp3) is 0.208. The minimum Gasteiger partial charge on any atom is -0.378 e. The first-order valence-corrected chi connectivity index (χ1v) is 10.8. The van der Waals surface area contributed by atoms with Crippen LogP contribution in [0.25, 0.3) is 22.3 Å². The van der Waals surface area contributed by atoms with E-state index in [1.807, 2.05) is 36.4 Å². The van der Waals surface area contributed by atoms with Crippen molar-refractivity contribution in [3.05, 3.63) is 67.4 Å². The number of aromatic amines is 1. The molecule has 1 aliphatic rings. The third kappa shape index (κ3) is 4.64. The Balaban J connectivity index is 1.42. The maximum absolute atomic E-state index is 9.83. The Kier molecular flexibility index (Phi) is 5.88. The fourth-order valence-corrected chi connectivity index (χ4v) is 3.80. The molecule has 1 fully saturated rings. The first-order valence-electron chi connectivity index (χ1n) is 10.8. The molecule has 0 radical (unpaired) electrons. The van der Waals surface area contributed by atoms with Gasteiger partial charge in [0.1, 0.15) is 6.23 Å². The van der Waals surface area contributed by atoms with Gasteiger partial charge in [0.2, 0.25) is 5.95 Å². The second-order valence-corrected chi connectivity index (χ2v) is 7.71. The number of aromatic nitrogens is 4. The van der Waals surface area contributed by atoms with E-state index in [-0.39, 0.29) is 0 Å². The van der Waals surface area contributed by atoms with Crippen LogP contribution in [0.2, 0.25) is 0 Å². The molecule has 0 spiro atoms. The van der Waals surface area contributed by atoms with Crippen LogP contribution in [-0.4, -0.2) is 57.8 Å². The molecule has 2 aromatic carbocycles. The summed E-state index contributed by atoms with van der Waals surface area (Å²) >= 11 is 0. The Morgan fingerprint density at radius 3 is 2.70 bits per heavy atom. The zero-order chi connectivity index (χ0) is 22.6. The lowest BCUT2D eigenvalue weighted by molar-refractivity contribution is 0.122. The smallest absolute Gasteiger partial charge is 0.229 e. The van der Waals surface area contributed by atoms with Crippen LogP contribution in [0.5, 0.6) is 0 Å². The first-order chi connectivity index (χ1) is 16.2. The zero-order valence-electron chi connectivity index (χ0n) is 18.0. The number of morpholine rings is 1. The van der Waals surface area contributed by atoms with Crippen LogP contribution in [0.3, 0.4) is 0 Å². The number of fused-ring (bicyclic) bond motifs is 1. The molecule has 0 aliphatic carbocycles. The Morgan fingerprint density at radius 1 is 1.09 bits per heavy atom. The summed E-state index contributed by atoms with van der Waals surface area (Å²) in [5.74, 6) is 0.463. The average molecular weight is 444 g/mol. The highest BCUT2D eigenvalue weighted by atomic mass is 16.5. The van der Waals surface area contributed by atoms with E-state index in [9.17, 15) is 5.11 Å². The molecule has 3 heterocycles. The topological polar surface area (TPSA) is 111 Å². The van der Waals surface area contributed by atoms with Gasteiger partial charge in [-0.3, -0.25) is 5.10 Å². The monoisotopic (exact) mass is 443 g/mol. The van der Waals surface area contributed by atoms with E-state index in [2.05, 4.69) is 49.4 Å². The number of aliphatic hydroxyl groups excluding tert-OH is 1. The molecule has 0 saturated carbocycles. The number of nitrogens with zero attached hydrogens (tertiary/aromatic N) is 4. The van der Waals surface area contributed by atoms with Crippen molar-refractivity contribution in [3.63, 3.8) is 0 Å². The third-order valence-corrected chi connectivity index (χ3v) is 5.48. The van der Waals surface area contributed by atoms with Gasteiger partial charge in [-0.25, -0.2) is 4.98 Å². The van der Waals surface area contributed by atoms with Gasteiger partial charge in [-0.05, 0) is 42.5 Å². The molecule has 4 N–H and O–H groups in total. The van der Waals surface area contributed by atoms with Gasteiger partial charge in [0.25, 0.3) is 0 Å². The average Bonchev–Trinajstić information content (AvgIpc) is 3.33. The van der Waals surface area contributed by atoms with Gasteiger partial charge >= 0.3 is 0 Å². The van der Waals surface area contributed by atoms with Crippen molar-refractivity contribution in [1.82, 2.24) is 20.2 Å². The van der Waals surface area contributed by atoms with E-state index in [0.717, 1.165) is 54.3 Å². The summed E-state index contributed by atoms with van der Waals surface area (Å²) in [6, 6.07) is 15.9. The number of hydrogen-bond acceptors (Lipinski definition) is 8. The van der Waals surface area contributed by atoms with E-state index in [1.165, 1.54) is 11.8 Å². The highest BCUT2D eigenvalue weighted by Crippen LogP contribution is 2.29. The van der Waals surface area contributed by atoms with Gasteiger partial charge in [-0.15, -0.1) is 0 Å². The number of hydrogen-bond donors (Lipinski definition) is 4. The van der Waals surface area contributed by atoms with Crippen LogP contribution < -0.4 is 15.5 Å². The predicted molar refractivity (Wildman–Crippen MR) is 130 cm³/mol. The van der Waals surface area contributed by atoms with Crippen molar-refractivity contribution in [2.24, 2.45) is 0 Å². The summed E-state index contributed by atoms with van der Waals surface area (Å²) in [5.41, 5.74) is 5.05. The molecule has 5 rings (SSSR count). The van der Waals surface area contributed by atoms with Crippen molar-refractivity contribution in [2.75, 3.05) is 41.8 Å². The van der Waals surface area contributed by atoms with E-state index in [4.69, 9.17) is 9.72 Å². The van der Waals surface area contributed by atoms with Gasteiger partial charge in [-0.2, -0.15) is 10.1 Å². The lowest BCUT2D eigenvalue weighted by Gasteiger charge is -2.28. The van der Waals surface area contributed by atoms with E-state index in [0.29, 0.717) is 11.6 Å². The van der Waals surface area contributed by atoms with E-state index < -0.39 is 6.23 Å². The van der Waals surface area contributed by atoms with Gasteiger partial charge < -0.3 is 25.4 Å². The van der Waals surface area contributed by atoms with Crippen molar-refractivity contribution in [2.45, 2.75) is 6.23 Å². The van der Waals surface area contributed by atoms with E-state index in [1.54, 1.807) is 6.20 Å². The molecule has 0 bridgehead atoms. The lowest BCUT2D eigenvalue weighted by Crippen LogP contribution is -2.36. The number of ether oxygens (including phenoxy) is 1. The highest BCUT2D eigenvalue weighted by molar-refractivity contribution is 5.91. The molecule has 1 saturated heterocycles. The number of nitrogens with one attached hydrogen (secondary N) is 3. The van der Waals surface area contributed by atoms with E-state index >= 15 is 0 Å². The molecule has 0 amide bonds. The minimum atomic E-state index is -0.836. The third-order valence-electron chi connectivity index (χ3n) is 5.48. The van der Waals surface area contributed by atoms with Gasteiger partial charge in [-0.1, -0.05) is 18.7 Å². The number of aliphatic hydroxyl groups is 1. The number of anilines is 4. The van der Waals surface area contributed by atoms with Crippen LogP contribution >= 0.6 is 0 Å². The summed E-state index contributed by atoms with van der Waals surface area (Å²) in [6.45, 7) is 6.89. The molecule has 168 valence electrons. The van der Waals surface area contributed by atoms with Crippen molar-refractivity contribution in [1.29, 1.82) is 0 Å². The zero-order valence-corrected chi connectivity index (χ0v) is 18.0. The quantitative estimate of drug-likeness (QED) is 0.254. The second-order valence-electron chi connectivity index (χ2n) is 7.71. The van der Waals surface area contributed by atoms with Crippen LogP contribution in [0.4, 0.5) is 23.0 Å². The normalized spacial score (nSPS) is 14.8. The van der Waals surface area contributed by atoms with Crippen molar-refractivity contribution < 1.29 is 9.84 Å². The second kappa shape index (κ2) is 9.27. The predicted octanol–water partition coefficient (Wildman–Crippen LogP) is 3.52. The van der Waals surface area contributed by atoms with Gasteiger partial charge in [0.05, 0.1) is 30.5 Å². The maximum Gasteiger partial charge on any atom is 0.229 e. The lowest BCUT2D eigenvalue weighted by atomic mass is 10.1.